The number of nitrogens with one attached hydrogen (secondary N) is 1. The SMILES string of the molecule is Cc1ccc(F)cc1[C@H]1CC(=O)N(CC(=O)O)[C@@H](c2cccc(Cl)c2)[C@]12C(=O)Nc1cc(Cl)ccc12. The third kappa shape index (κ3) is 3.74. The fourth-order valence-electron chi connectivity index (χ4n) is 5.77. The van der Waals surface area contributed by atoms with E-state index in [4.69, 9.17) is 23.2 Å². The number of carbonyl (C=O) groups excluding carboxylic acids is 2. The summed E-state index contributed by atoms with van der Waals surface area (Å²) in [7, 11) is 0. The summed E-state index contributed by atoms with van der Waals surface area (Å²) in [5, 5.41) is 13.4. The van der Waals surface area contributed by atoms with E-state index in [0.717, 1.165) is 0 Å². The molecule has 2 aliphatic heterocycles. The van der Waals surface area contributed by atoms with Crippen LogP contribution in [0, 0.1) is 12.7 Å². The lowest BCUT2D eigenvalue weighted by Crippen LogP contribution is -2.59. The number of piperidine rings is 1. The molecule has 3 aromatic rings. The number of rotatable bonds is 4. The minimum atomic E-state index is -1.48. The standard InChI is InChI=1S/C27H21Cl2FN2O4/c1-14-5-7-18(30)11-19(14)21-12-23(33)32(13-24(34)35)25(15-3-2-4-16(28)9-15)27(21)20-8-6-17(29)10-22(20)31-26(27)36/h2-11,21,25H,12-13H2,1H3,(H,31,36)(H,34,35)/t21-,25+,27-/m1/s1. The van der Waals surface area contributed by atoms with Gasteiger partial charge in [0.05, 0.1) is 6.04 Å². The van der Waals surface area contributed by atoms with Crippen LogP contribution < -0.4 is 5.32 Å². The molecular formula is C27H21Cl2FN2O4. The molecular weight excluding hydrogens is 506 g/mol. The highest BCUT2D eigenvalue weighted by Gasteiger charge is 2.63. The third-order valence-electron chi connectivity index (χ3n) is 7.13. The molecule has 36 heavy (non-hydrogen) atoms. The molecule has 184 valence electrons. The largest absolute Gasteiger partial charge is 0.480 e. The average molecular weight is 527 g/mol. The molecule has 0 aromatic heterocycles. The number of aryl methyl sites for hydroxylation is 1. The first-order chi connectivity index (χ1) is 17.1. The first kappa shape index (κ1) is 24.3. The minimum Gasteiger partial charge on any atom is -0.480 e. The van der Waals surface area contributed by atoms with Gasteiger partial charge in [-0.1, -0.05) is 47.5 Å². The molecule has 0 radical (unpaired) electrons. The van der Waals surface area contributed by atoms with Crippen molar-refractivity contribution in [2.75, 3.05) is 11.9 Å². The highest BCUT2D eigenvalue weighted by Crippen LogP contribution is 2.60. The molecule has 1 saturated heterocycles. The number of amides is 2. The van der Waals surface area contributed by atoms with E-state index in [1.807, 2.05) is 0 Å². The van der Waals surface area contributed by atoms with Gasteiger partial charge in [-0.05, 0) is 65.6 Å². The third-order valence-corrected chi connectivity index (χ3v) is 7.60. The molecule has 9 heteroatoms. The quantitative estimate of drug-likeness (QED) is 0.471. The Bertz CT molecular complexity index is 1430. The van der Waals surface area contributed by atoms with E-state index < -0.39 is 47.5 Å². The van der Waals surface area contributed by atoms with Gasteiger partial charge in [0.1, 0.15) is 17.8 Å². The Balaban J connectivity index is 1.88. The number of fused-ring (bicyclic) bond motifs is 2. The first-order valence-corrected chi connectivity index (χ1v) is 12.0. The van der Waals surface area contributed by atoms with Crippen LogP contribution in [-0.2, 0) is 19.8 Å². The molecule has 2 heterocycles. The van der Waals surface area contributed by atoms with Crippen LogP contribution in [0.15, 0.2) is 60.7 Å². The Kier molecular flexibility index (Phi) is 6.01. The van der Waals surface area contributed by atoms with Gasteiger partial charge in [-0.2, -0.15) is 0 Å². The number of carboxylic acid groups (broad SMARTS) is 1. The smallest absolute Gasteiger partial charge is 0.323 e. The minimum absolute atomic E-state index is 0.190. The first-order valence-electron chi connectivity index (χ1n) is 11.3. The summed E-state index contributed by atoms with van der Waals surface area (Å²) < 4.78 is 14.5. The molecule has 1 fully saturated rings. The zero-order valence-corrected chi connectivity index (χ0v) is 20.6. The molecule has 5 rings (SSSR count). The Hall–Kier alpha value is -3.42. The number of hydrogen-bond donors (Lipinski definition) is 2. The van der Waals surface area contributed by atoms with Gasteiger partial charge in [-0.25, -0.2) is 4.39 Å². The Morgan fingerprint density at radius 1 is 1.11 bits per heavy atom. The van der Waals surface area contributed by atoms with Crippen molar-refractivity contribution < 1.29 is 23.9 Å². The van der Waals surface area contributed by atoms with Crippen molar-refractivity contribution in [2.45, 2.75) is 30.7 Å². The number of hydrogen-bond acceptors (Lipinski definition) is 3. The fraction of sp³-hybridized carbons (Fsp3) is 0.222. The number of halogens is 3. The van der Waals surface area contributed by atoms with Crippen molar-refractivity contribution in [1.29, 1.82) is 0 Å². The van der Waals surface area contributed by atoms with Gasteiger partial charge in [0.15, 0.2) is 0 Å². The normalized spacial score (nSPS) is 23.1. The van der Waals surface area contributed by atoms with Crippen molar-refractivity contribution >= 4 is 46.7 Å². The lowest BCUT2D eigenvalue weighted by molar-refractivity contribution is -0.154. The number of nitrogens with zero attached hydrogens (tertiary/aromatic N) is 1. The second-order valence-electron chi connectivity index (χ2n) is 9.14. The zero-order chi connectivity index (χ0) is 25.8. The van der Waals surface area contributed by atoms with Crippen LogP contribution in [-0.4, -0.2) is 34.3 Å². The van der Waals surface area contributed by atoms with E-state index >= 15 is 0 Å². The summed E-state index contributed by atoms with van der Waals surface area (Å²) in [6.45, 7) is 1.17. The molecule has 2 amide bonds. The topological polar surface area (TPSA) is 86.7 Å². The summed E-state index contributed by atoms with van der Waals surface area (Å²) in [6, 6.07) is 14.9. The maximum atomic E-state index is 14.5. The highest BCUT2D eigenvalue weighted by atomic mass is 35.5. The van der Waals surface area contributed by atoms with Crippen molar-refractivity contribution in [3.05, 3.63) is 98.8 Å². The van der Waals surface area contributed by atoms with E-state index in [2.05, 4.69) is 5.32 Å². The number of anilines is 1. The zero-order valence-electron chi connectivity index (χ0n) is 19.1. The van der Waals surface area contributed by atoms with Crippen molar-refractivity contribution in [3.8, 4) is 0 Å². The van der Waals surface area contributed by atoms with Crippen LogP contribution in [0.25, 0.3) is 0 Å². The average Bonchev–Trinajstić information content (AvgIpc) is 3.08. The highest BCUT2D eigenvalue weighted by molar-refractivity contribution is 6.31. The predicted octanol–water partition coefficient (Wildman–Crippen LogP) is 5.47. The van der Waals surface area contributed by atoms with Crippen LogP contribution in [0.4, 0.5) is 10.1 Å². The van der Waals surface area contributed by atoms with E-state index in [0.29, 0.717) is 38.0 Å². The van der Waals surface area contributed by atoms with Gasteiger partial charge < -0.3 is 15.3 Å². The Labute approximate surface area is 216 Å². The van der Waals surface area contributed by atoms with Crippen LogP contribution >= 0.6 is 23.2 Å². The van der Waals surface area contributed by atoms with Gasteiger partial charge in [-0.3, -0.25) is 14.4 Å². The van der Waals surface area contributed by atoms with Crippen LogP contribution in [0.3, 0.4) is 0 Å². The van der Waals surface area contributed by atoms with Gasteiger partial charge in [-0.15, -0.1) is 0 Å². The molecule has 0 aliphatic carbocycles. The van der Waals surface area contributed by atoms with E-state index in [-0.39, 0.29) is 6.42 Å². The molecule has 6 nitrogen and oxygen atoms in total. The molecule has 0 saturated carbocycles. The number of benzene rings is 3. The maximum absolute atomic E-state index is 14.5. The maximum Gasteiger partial charge on any atom is 0.323 e. The lowest BCUT2D eigenvalue weighted by Gasteiger charge is -2.51. The van der Waals surface area contributed by atoms with Gasteiger partial charge in [0.25, 0.3) is 0 Å². The van der Waals surface area contributed by atoms with Gasteiger partial charge in [0, 0.05) is 28.1 Å². The number of carboxylic acids is 1. The van der Waals surface area contributed by atoms with Crippen molar-refractivity contribution in [2.24, 2.45) is 0 Å². The van der Waals surface area contributed by atoms with Gasteiger partial charge >= 0.3 is 5.97 Å². The van der Waals surface area contributed by atoms with E-state index in [1.54, 1.807) is 55.5 Å². The van der Waals surface area contributed by atoms with Crippen LogP contribution in [0.2, 0.25) is 10.0 Å². The summed E-state index contributed by atoms with van der Waals surface area (Å²) in [5.41, 5.74) is 1.24. The molecule has 3 aromatic carbocycles. The Morgan fingerprint density at radius 3 is 2.58 bits per heavy atom. The molecule has 2 N–H and O–H groups in total. The molecule has 0 unspecified atom stereocenters. The lowest BCUT2D eigenvalue weighted by atomic mass is 9.58. The van der Waals surface area contributed by atoms with Crippen molar-refractivity contribution in [3.63, 3.8) is 0 Å². The summed E-state index contributed by atoms with van der Waals surface area (Å²) in [4.78, 5) is 40.8. The second kappa shape index (κ2) is 8.91. The van der Waals surface area contributed by atoms with Crippen LogP contribution in [0.5, 0.6) is 0 Å². The number of carbonyl (C=O) groups is 3. The number of aliphatic carboxylic acids is 1. The molecule has 3 atom stereocenters. The summed E-state index contributed by atoms with van der Waals surface area (Å²) in [5.74, 6) is -3.41. The number of likely N-dealkylation sites (tertiary alicyclic amines) is 1. The monoisotopic (exact) mass is 526 g/mol. The summed E-state index contributed by atoms with van der Waals surface area (Å²) >= 11 is 12.6. The van der Waals surface area contributed by atoms with E-state index in [9.17, 15) is 23.9 Å². The van der Waals surface area contributed by atoms with E-state index in [1.165, 1.54) is 17.0 Å². The fourth-order valence-corrected chi connectivity index (χ4v) is 6.14. The molecule has 0 bridgehead atoms. The van der Waals surface area contributed by atoms with Gasteiger partial charge in [0.2, 0.25) is 11.8 Å². The molecule has 2 aliphatic rings. The predicted molar refractivity (Wildman–Crippen MR) is 134 cm³/mol. The van der Waals surface area contributed by atoms with Crippen molar-refractivity contribution in [1.82, 2.24) is 4.90 Å². The van der Waals surface area contributed by atoms with Crippen LogP contribution in [0.1, 0.15) is 40.6 Å². The molecule has 1 spiro atoms. The second-order valence-corrected chi connectivity index (χ2v) is 10.0. The Morgan fingerprint density at radius 2 is 1.86 bits per heavy atom. The summed E-state index contributed by atoms with van der Waals surface area (Å²) in [6.07, 6.45) is -0.190.